The third kappa shape index (κ3) is 3.49. The molecule has 0 aliphatic heterocycles. The molecule has 0 fully saturated rings. The van der Waals surface area contributed by atoms with Gasteiger partial charge >= 0.3 is 0 Å². The van der Waals surface area contributed by atoms with Crippen LogP contribution in [0.5, 0.6) is 0 Å². The van der Waals surface area contributed by atoms with Gasteiger partial charge in [0, 0.05) is 38.5 Å². The van der Waals surface area contributed by atoms with E-state index in [1.54, 1.807) is 0 Å². The minimum Gasteiger partial charge on any atom is -0.309 e. The molecule has 0 spiro atoms. The molecular weight excluding hydrogens is 522 g/mol. The summed E-state index contributed by atoms with van der Waals surface area (Å²) < 4.78 is 2.39. The fraction of sp³-hybridized carbons (Fsp3) is 0. The summed E-state index contributed by atoms with van der Waals surface area (Å²) in [7, 11) is 0. The first kappa shape index (κ1) is 23.9. The minimum absolute atomic E-state index is 0.719. The Kier molecular flexibility index (Phi) is 5.05. The predicted molar refractivity (Wildman–Crippen MR) is 178 cm³/mol. The highest BCUT2D eigenvalue weighted by atomic mass is 15.0. The first-order chi connectivity index (χ1) is 21.3. The Balaban J connectivity index is 1.24. The van der Waals surface area contributed by atoms with E-state index in [0.29, 0.717) is 0 Å². The molecule has 3 nitrogen and oxygen atoms in total. The zero-order valence-electron chi connectivity index (χ0n) is 23.3. The van der Waals surface area contributed by atoms with Crippen molar-refractivity contribution in [3.05, 3.63) is 157 Å². The first-order valence-corrected chi connectivity index (χ1v) is 14.5. The lowest BCUT2D eigenvalue weighted by atomic mass is 10.0. The van der Waals surface area contributed by atoms with Crippen LogP contribution in [-0.4, -0.2) is 14.5 Å². The van der Waals surface area contributed by atoms with E-state index in [0.717, 1.165) is 44.8 Å². The lowest BCUT2D eigenvalue weighted by molar-refractivity contribution is 1.17. The second-order valence-electron chi connectivity index (χ2n) is 11.1. The van der Waals surface area contributed by atoms with E-state index >= 15 is 0 Å². The van der Waals surface area contributed by atoms with Crippen LogP contribution in [0.2, 0.25) is 0 Å². The summed E-state index contributed by atoms with van der Waals surface area (Å²) in [5, 5.41) is 3.52. The molecular formula is C40H25N3. The van der Waals surface area contributed by atoms with Gasteiger partial charge in [-0.25, -0.2) is 9.97 Å². The number of rotatable bonds is 3. The van der Waals surface area contributed by atoms with E-state index < -0.39 is 0 Å². The van der Waals surface area contributed by atoms with E-state index in [-0.39, 0.29) is 0 Å². The largest absolute Gasteiger partial charge is 0.309 e. The fourth-order valence-corrected chi connectivity index (χ4v) is 6.75. The third-order valence-corrected chi connectivity index (χ3v) is 8.71. The summed E-state index contributed by atoms with van der Waals surface area (Å²) in [6.07, 6.45) is 0. The lowest BCUT2D eigenvalue weighted by Crippen LogP contribution is -1.98. The summed E-state index contributed by atoms with van der Waals surface area (Å²) in [5.41, 5.74) is 13.4. The molecule has 200 valence electrons. The molecule has 1 aliphatic rings. The molecule has 0 amide bonds. The molecule has 6 aromatic carbocycles. The maximum Gasteiger partial charge on any atom is 0.160 e. The smallest absolute Gasteiger partial charge is 0.160 e. The topological polar surface area (TPSA) is 30.7 Å². The quantitative estimate of drug-likeness (QED) is 0.220. The van der Waals surface area contributed by atoms with Crippen LogP contribution in [0, 0.1) is 0 Å². The van der Waals surface area contributed by atoms with Crippen LogP contribution >= 0.6 is 0 Å². The molecule has 0 radical (unpaired) electrons. The Hall–Kier alpha value is -5.80. The fourth-order valence-electron chi connectivity index (χ4n) is 6.75. The van der Waals surface area contributed by atoms with Crippen LogP contribution in [0.4, 0.5) is 0 Å². The Bertz CT molecular complexity index is 2400. The van der Waals surface area contributed by atoms with Gasteiger partial charge in [0.05, 0.1) is 22.2 Å². The second kappa shape index (κ2) is 9.10. The summed E-state index contributed by atoms with van der Waals surface area (Å²) in [6.45, 7) is 4.57. The van der Waals surface area contributed by atoms with Crippen molar-refractivity contribution in [2.45, 2.75) is 0 Å². The molecule has 0 atom stereocenters. The molecule has 1 aliphatic carbocycles. The van der Waals surface area contributed by atoms with Gasteiger partial charge in [0.2, 0.25) is 0 Å². The van der Waals surface area contributed by atoms with Crippen LogP contribution in [-0.2, 0) is 0 Å². The summed E-state index contributed by atoms with van der Waals surface area (Å²) in [6, 6.07) is 49.0. The van der Waals surface area contributed by atoms with Gasteiger partial charge in [-0.05, 0) is 58.7 Å². The van der Waals surface area contributed by atoms with Gasteiger partial charge in [-0.2, -0.15) is 0 Å². The number of nitrogens with zero attached hydrogens (tertiary/aromatic N) is 3. The van der Waals surface area contributed by atoms with E-state index in [4.69, 9.17) is 9.97 Å². The standard InChI is InChI=1S/C40H25N3/c1-25-29-13-5-6-14-30(29)32-23-24-33-31-15-8-10-18-36(31)43(39(33)37(25)32)28-21-19-27(20-22-28)40-41-35-17-9-7-16-34(35)38(42-40)26-11-3-2-4-12-26/h2-24H,1H2. The zero-order valence-corrected chi connectivity index (χ0v) is 23.3. The van der Waals surface area contributed by atoms with Gasteiger partial charge in [0.15, 0.2) is 5.82 Å². The number of para-hydroxylation sites is 2. The number of benzene rings is 6. The maximum atomic E-state index is 5.08. The summed E-state index contributed by atoms with van der Waals surface area (Å²) in [4.78, 5) is 10.1. The van der Waals surface area contributed by atoms with E-state index in [1.165, 1.54) is 44.1 Å². The van der Waals surface area contributed by atoms with Crippen molar-refractivity contribution < 1.29 is 0 Å². The molecule has 9 rings (SSSR count). The number of aromatic nitrogens is 3. The Morgan fingerprint density at radius 3 is 2.02 bits per heavy atom. The van der Waals surface area contributed by atoms with Crippen LogP contribution in [0.25, 0.3) is 77.7 Å². The SMILES string of the molecule is C=C1c2ccccc2-c2ccc3c4ccccc4n(-c4ccc(-c5nc(-c6ccccc6)c6ccccc6n5)cc4)c3c21. The Labute approximate surface area is 249 Å². The second-order valence-corrected chi connectivity index (χ2v) is 11.1. The Morgan fingerprint density at radius 2 is 1.19 bits per heavy atom. The first-order valence-electron chi connectivity index (χ1n) is 14.5. The van der Waals surface area contributed by atoms with Gasteiger partial charge in [-0.15, -0.1) is 0 Å². The average molecular weight is 548 g/mol. The van der Waals surface area contributed by atoms with Gasteiger partial charge in [0.25, 0.3) is 0 Å². The predicted octanol–water partition coefficient (Wildman–Crippen LogP) is 10.1. The molecule has 43 heavy (non-hydrogen) atoms. The van der Waals surface area contributed by atoms with E-state index in [1.807, 2.05) is 18.2 Å². The van der Waals surface area contributed by atoms with Crippen molar-refractivity contribution in [2.24, 2.45) is 0 Å². The van der Waals surface area contributed by atoms with Crippen molar-refractivity contribution in [3.63, 3.8) is 0 Å². The molecule has 0 saturated heterocycles. The normalized spacial score (nSPS) is 12.2. The van der Waals surface area contributed by atoms with Crippen LogP contribution < -0.4 is 0 Å². The maximum absolute atomic E-state index is 5.08. The number of hydrogen-bond acceptors (Lipinski definition) is 2. The van der Waals surface area contributed by atoms with Crippen molar-refractivity contribution >= 4 is 38.3 Å². The number of fused-ring (bicyclic) bond motifs is 8. The van der Waals surface area contributed by atoms with Crippen molar-refractivity contribution in [3.8, 4) is 39.5 Å². The van der Waals surface area contributed by atoms with Gasteiger partial charge in [0.1, 0.15) is 0 Å². The van der Waals surface area contributed by atoms with Crippen LogP contribution in [0.15, 0.2) is 146 Å². The third-order valence-electron chi connectivity index (χ3n) is 8.71. The molecule has 2 heterocycles. The molecule has 3 heteroatoms. The van der Waals surface area contributed by atoms with Crippen LogP contribution in [0.3, 0.4) is 0 Å². The molecule has 0 saturated carbocycles. The monoisotopic (exact) mass is 547 g/mol. The molecule has 0 unspecified atom stereocenters. The van der Waals surface area contributed by atoms with Gasteiger partial charge in [-0.3, -0.25) is 0 Å². The van der Waals surface area contributed by atoms with Crippen molar-refractivity contribution in [1.29, 1.82) is 0 Å². The van der Waals surface area contributed by atoms with Crippen molar-refractivity contribution in [2.75, 3.05) is 0 Å². The highest BCUT2D eigenvalue weighted by Gasteiger charge is 2.27. The molecule has 0 bridgehead atoms. The summed E-state index contributed by atoms with van der Waals surface area (Å²) >= 11 is 0. The van der Waals surface area contributed by atoms with Crippen LogP contribution in [0.1, 0.15) is 11.1 Å². The minimum atomic E-state index is 0.719. The average Bonchev–Trinajstić information content (AvgIpc) is 3.57. The lowest BCUT2D eigenvalue weighted by Gasteiger charge is -2.13. The van der Waals surface area contributed by atoms with Gasteiger partial charge < -0.3 is 4.57 Å². The highest BCUT2D eigenvalue weighted by molar-refractivity contribution is 6.18. The van der Waals surface area contributed by atoms with Gasteiger partial charge in [-0.1, -0.05) is 110 Å². The van der Waals surface area contributed by atoms with E-state index in [2.05, 4.69) is 132 Å². The number of hydrogen-bond donors (Lipinski definition) is 0. The Morgan fingerprint density at radius 1 is 0.488 bits per heavy atom. The molecule has 8 aromatic rings. The van der Waals surface area contributed by atoms with Crippen molar-refractivity contribution in [1.82, 2.24) is 14.5 Å². The van der Waals surface area contributed by atoms with E-state index in [9.17, 15) is 0 Å². The highest BCUT2D eigenvalue weighted by Crippen LogP contribution is 2.48. The molecule has 2 aromatic heterocycles. The molecule has 0 N–H and O–H groups in total. The zero-order chi connectivity index (χ0) is 28.5. The summed E-state index contributed by atoms with van der Waals surface area (Å²) in [5.74, 6) is 0.719.